The molecule has 5 heteroatoms. The Morgan fingerprint density at radius 3 is 1.70 bits per heavy atom. The molecule has 0 fully saturated rings. The van der Waals surface area contributed by atoms with Gasteiger partial charge < -0.3 is 9.13 Å². The lowest BCUT2D eigenvalue weighted by atomic mass is 10.0. The predicted molar refractivity (Wildman–Crippen MR) is 175 cm³/mol. The van der Waals surface area contributed by atoms with Gasteiger partial charge >= 0.3 is 0 Å². The molecule has 0 saturated heterocycles. The zero-order valence-corrected chi connectivity index (χ0v) is 23.4. The Labute approximate surface area is 252 Å². The SMILES string of the molecule is N#Cc1ccc(C#N)c(-n2c3ccccc3c3cc(-c4ccc5c6ccccc6n(-c6ccccc6C#N)c5c4)ccc32)c1. The minimum atomic E-state index is 0.503. The van der Waals surface area contributed by atoms with Gasteiger partial charge in [-0.2, -0.15) is 15.8 Å². The van der Waals surface area contributed by atoms with E-state index in [1.807, 2.05) is 54.6 Å². The number of rotatable bonds is 3. The van der Waals surface area contributed by atoms with Gasteiger partial charge in [-0.25, -0.2) is 0 Å². The van der Waals surface area contributed by atoms with Crippen molar-refractivity contribution >= 4 is 43.6 Å². The van der Waals surface area contributed by atoms with E-state index in [1.165, 1.54) is 0 Å². The molecule has 0 N–H and O–H groups in total. The summed E-state index contributed by atoms with van der Waals surface area (Å²) in [6.45, 7) is 0. The summed E-state index contributed by atoms with van der Waals surface area (Å²) in [5.41, 5.74) is 9.28. The smallest absolute Gasteiger partial charge is 0.101 e. The number of aromatic nitrogens is 2. The van der Waals surface area contributed by atoms with Crippen molar-refractivity contribution in [2.45, 2.75) is 0 Å². The Morgan fingerprint density at radius 1 is 0.386 bits per heavy atom. The molecule has 0 saturated carbocycles. The van der Waals surface area contributed by atoms with E-state index < -0.39 is 0 Å². The summed E-state index contributed by atoms with van der Waals surface area (Å²) in [6, 6.07) is 49.1. The average molecular weight is 560 g/mol. The largest absolute Gasteiger partial charge is 0.308 e. The summed E-state index contributed by atoms with van der Waals surface area (Å²) >= 11 is 0. The number of benzene rings is 6. The summed E-state index contributed by atoms with van der Waals surface area (Å²) in [5, 5.41) is 33.8. The molecule has 44 heavy (non-hydrogen) atoms. The van der Waals surface area contributed by atoms with Crippen LogP contribution in [0.5, 0.6) is 0 Å². The van der Waals surface area contributed by atoms with Crippen LogP contribution in [-0.4, -0.2) is 9.13 Å². The molecular weight excluding hydrogens is 538 g/mol. The van der Waals surface area contributed by atoms with E-state index >= 15 is 0 Å². The van der Waals surface area contributed by atoms with Gasteiger partial charge in [0.25, 0.3) is 0 Å². The molecule has 0 radical (unpaired) electrons. The Bertz CT molecular complexity index is 2600. The van der Waals surface area contributed by atoms with Crippen molar-refractivity contribution < 1.29 is 0 Å². The van der Waals surface area contributed by atoms with E-state index in [4.69, 9.17) is 0 Å². The van der Waals surface area contributed by atoms with Crippen molar-refractivity contribution in [2.75, 3.05) is 0 Å². The zero-order valence-electron chi connectivity index (χ0n) is 23.4. The summed E-state index contributed by atoms with van der Waals surface area (Å²) in [4.78, 5) is 0. The normalized spacial score (nSPS) is 11.1. The van der Waals surface area contributed by atoms with Crippen molar-refractivity contribution in [3.8, 4) is 40.7 Å². The van der Waals surface area contributed by atoms with Crippen molar-refractivity contribution in [1.82, 2.24) is 9.13 Å². The standard InChI is InChI=1S/C39H21N5/c40-22-25-13-14-29(24-42)38(19-25)44-36-12-6-3-9-31(36)33-20-26(16-18-37(33)44)27-15-17-32-30-8-2-5-11-35(30)43(39(32)21-27)34-10-4-1-7-28(34)23-41/h1-21H. The second kappa shape index (κ2) is 9.74. The van der Waals surface area contributed by atoms with E-state index in [1.54, 1.807) is 18.2 Å². The van der Waals surface area contributed by atoms with Gasteiger partial charge in [0.05, 0.1) is 56.2 Å². The Kier molecular flexibility index (Phi) is 5.56. The first kappa shape index (κ1) is 25.1. The second-order valence-electron chi connectivity index (χ2n) is 10.8. The average Bonchev–Trinajstić information content (AvgIpc) is 3.60. The van der Waals surface area contributed by atoms with Crippen molar-refractivity contribution in [3.05, 3.63) is 144 Å². The van der Waals surface area contributed by atoms with Crippen LogP contribution in [0, 0.1) is 34.0 Å². The second-order valence-corrected chi connectivity index (χ2v) is 10.8. The fourth-order valence-electron chi connectivity index (χ4n) is 6.47. The number of hydrogen-bond donors (Lipinski definition) is 0. The van der Waals surface area contributed by atoms with Crippen LogP contribution < -0.4 is 0 Å². The fraction of sp³-hybridized carbons (Fsp3) is 0. The van der Waals surface area contributed by atoms with Gasteiger partial charge in [0.15, 0.2) is 0 Å². The minimum absolute atomic E-state index is 0.503. The molecule has 0 aliphatic carbocycles. The maximum Gasteiger partial charge on any atom is 0.101 e. The lowest BCUT2D eigenvalue weighted by Gasteiger charge is -2.11. The number of nitrogens with zero attached hydrogens (tertiary/aromatic N) is 5. The van der Waals surface area contributed by atoms with E-state index in [0.717, 1.165) is 60.4 Å². The number of nitriles is 3. The minimum Gasteiger partial charge on any atom is -0.308 e. The third-order valence-electron chi connectivity index (χ3n) is 8.43. The van der Waals surface area contributed by atoms with Crippen LogP contribution in [0.4, 0.5) is 0 Å². The molecule has 0 aliphatic heterocycles. The molecule has 8 aromatic rings. The number of hydrogen-bond acceptors (Lipinski definition) is 3. The highest BCUT2D eigenvalue weighted by molar-refractivity contribution is 6.12. The van der Waals surface area contributed by atoms with Gasteiger partial charge in [-0.1, -0.05) is 66.7 Å². The topological polar surface area (TPSA) is 81.2 Å². The predicted octanol–water partition coefficient (Wildman–Crippen LogP) is 9.16. The van der Waals surface area contributed by atoms with Crippen LogP contribution in [0.3, 0.4) is 0 Å². The first-order valence-corrected chi connectivity index (χ1v) is 14.2. The van der Waals surface area contributed by atoms with Gasteiger partial charge in [0.1, 0.15) is 12.1 Å². The third-order valence-corrected chi connectivity index (χ3v) is 8.43. The molecule has 0 aliphatic rings. The third kappa shape index (κ3) is 3.63. The van der Waals surface area contributed by atoms with E-state index in [-0.39, 0.29) is 0 Å². The van der Waals surface area contributed by atoms with E-state index in [2.05, 4.69) is 81.9 Å². The van der Waals surface area contributed by atoms with E-state index in [9.17, 15) is 15.8 Å². The lowest BCUT2D eigenvalue weighted by Crippen LogP contribution is -1.98. The number of para-hydroxylation sites is 3. The highest BCUT2D eigenvalue weighted by Crippen LogP contribution is 2.38. The van der Waals surface area contributed by atoms with Gasteiger partial charge in [0, 0.05) is 21.5 Å². The van der Waals surface area contributed by atoms with Gasteiger partial charge in [-0.05, 0) is 71.8 Å². The molecule has 5 nitrogen and oxygen atoms in total. The molecule has 202 valence electrons. The maximum atomic E-state index is 9.93. The van der Waals surface area contributed by atoms with Crippen LogP contribution in [0.1, 0.15) is 16.7 Å². The quantitative estimate of drug-likeness (QED) is 0.216. The monoisotopic (exact) mass is 559 g/mol. The number of fused-ring (bicyclic) bond motifs is 6. The molecule has 0 bridgehead atoms. The first-order valence-electron chi connectivity index (χ1n) is 14.2. The molecular formula is C39H21N5. The molecule has 8 rings (SSSR count). The van der Waals surface area contributed by atoms with Crippen molar-refractivity contribution in [1.29, 1.82) is 15.8 Å². The van der Waals surface area contributed by atoms with Crippen molar-refractivity contribution in [2.24, 2.45) is 0 Å². The van der Waals surface area contributed by atoms with Gasteiger partial charge in [-0.3, -0.25) is 0 Å². The zero-order chi connectivity index (χ0) is 29.8. The summed E-state index contributed by atoms with van der Waals surface area (Å²) in [7, 11) is 0. The highest BCUT2D eigenvalue weighted by atomic mass is 15.0. The van der Waals surface area contributed by atoms with Crippen LogP contribution in [0.25, 0.3) is 66.1 Å². The molecule has 0 spiro atoms. The van der Waals surface area contributed by atoms with Crippen LogP contribution in [0.2, 0.25) is 0 Å². The first-order chi connectivity index (χ1) is 21.7. The molecule has 2 aromatic heterocycles. The Morgan fingerprint density at radius 2 is 0.955 bits per heavy atom. The van der Waals surface area contributed by atoms with Gasteiger partial charge in [0.2, 0.25) is 0 Å². The lowest BCUT2D eigenvalue weighted by molar-refractivity contribution is 1.16. The van der Waals surface area contributed by atoms with E-state index in [0.29, 0.717) is 22.4 Å². The van der Waals surface area contributed by atoms with Crippen LogP contribution in [-0.2, 0) is 0 Å². The molecule has 6 aromatic carbocycles. The highest BCUT2D eigenvalue weighted by Gasteiger charge is 2.18. The molecule has 0 unspecified atom stereocenters. The fourth-order valence-corrected chi connectivity index (χ4v) is 6.47. The summed E-state index contributed by atoms with van der Waals surface area (Å²) in [6.07, 6.45) is 0. The summed E-state index contributed by atoms with van der Waals surface area (Å²) in [5.74, 6) is 0. The Balaban J connectivity index is 1.39. The van der Waals surface area contributed by atoms with Crippen LogP contribution >= 0.6 is 0 Å². The molecule has 0 amide bonds. The molecule has 2 heterocycles. The van der Waals surface area contributed by atoms with Crippen molar-refractivity contribution in [3.63, 3.8) is 0 Å². The molecule has 0 atom stereocenters. The van der Waals surface area contributed by atoms with Crippen LogP contribution in [0.15, 0.2) is 127 Å². The summed E-state index contributed by atoms with van der Waals surface area (Å²) < 4.78 is 4.26. The maximum absolute atomic E-state index is 9.93. The Hall–Kier alpha value is -6.61. The van der Waals surface area contributed by atoms with Gasteiger partial charge in [-0.15, -0.1) is 0 Å².